The first-order valence-electron chi connectivity index (χ1n) is 9.32. The van der Waals surface area contributed by atoms with Gasteiger partial charge in [0, 0.05) is 6.42 Å². The zero-order valence-corrected chi connectivity index (χ0v) is 13.7. The molecule has 0 aromatic rings. The molecule has 1 fully saturated rings. The zero-order valence-electron chi connectivity index (χ0n) is 13.7. The van der Waals surface area contributed by atoms with E-state index in [0.29, 0.717) is 0 Å². The van der Waals surface area contributed by atoms with Crippen LogP contribution in [0.4, 0.5) is 0 Å². The summed E-state index contributed by atoms with van der Waals surface area (Å²) in [5.74, 6) is 2.21. The van der Waals surface area contributed by atoms with Gasteiger partial charge in [0.25, 0.3) is 0 Å². The largest absolute Gasteiger partial charge is 0.303 e. The Morgan fingerprint density at radius 1 is 0.750 bits per heavy atom. The Hall–Kier alpha value is -0.330. The second-order valence-electron chi connectivity index (χ2n) is 6.82. The molecule has 1 aliphatic rings. The molecule has 0 spiro atoms. The van der Waals surface area contributed by atoms with Crippen LogP contribution >= 0.6 is 0 Å². The Kier molecular flexibility index (Phi) is 11.0. The quantitative estimate of drug-likeness (QED) is 0.254. The molecule has 0 aromatic heterocycles. The van der Waals surface area contributed by atoms with Crippen molar-refractivity contribution < 1.29 is 4.79 Å². The molecule has 118 valence electrons. The van der Waals surface area contributed by atoms with E-state index >= 15 is 0 Å². The van der Waals surface area contributed by atoms with Gasteiger partial charge >= 0.3 is 0 Å². The first kappa shape index (κ1) is 17.7. The summed E-state index contributed by atoms with van der Waals surface area (Å²) in [7, 11) is 0. The van der Waals surface area contributed by atoms with Crippen molar-refractivity contribution in [3.05, 3.63) is 0 Å². The van der Waals surface area contributed by atoms with E-state index in [9.17, 15) is 4.79 Å². The molecule has 0 unspecified atom stereocenters. The van der Waals surface area contributed by atoms with Gasteiger partial charge in [0.1, 0.15) is 6.29 Å². The molecule has 1 heteroatoms. The molecular formula is C19H36O. The highest BCUT2D eigenvalue weighted by Crippen LogP contribution is 2.45. The topological polar surface area (TPSA) is 17.1 Å². The van der Waals surface area contributed by atoms with E-state index in [2.05, 4.69) is 6.92 Å². The van der Waals surface area contributed by atoms with Crippen molar-refractivity contribution in [2.24, 2.45) is 11.8 Å². The van der Waals surface area contributed by atoms with Gasteiger partial charge in [-0.15, -0.1) is 0 Å². The zero-order chi connectivity index (χ0) is 14.5. The van der Waals surface area contributed by atoms with E-state index in [1.165, 1.54) is 83.5 Å². The second kappa shape index (κ2) is 12.4. The second-order valence-corrected chi connectivity index (χ2v) is 6.82. The summed E-state index contributed by atoms with van der Waals surface area (Å²) in [5.41, 5.74) is 0. The first-order chi connectivity index (χ1) is 9.88. The highest BCUT2D eigenvalue weighted by Gasteiger charge is 2.34. The standard InChI is InChI=1S/C19H36O/c1-2-3-4-11-14-18-17-19(18)15-12-9-7-5-6-8-10-13-16-20/h16,18-19H,2-15,17H2,1H3/t18-,19+/m0/s1. The SMILES string of the molecule is CCCCCC[C@H]1C[C@H]1CCCCCCCCCC=O. The molecule has 1 rings (SSSR count). The minimum absolute atomic E-state index is 0.765. The molecule has 1 nitrogen and oxygen atoms in total. The van der Waals surface area contributed by atoms with E-state index in [-0.39, 0.29) is 0 Å². The van der Waals surface area contributed by atoms with Gasteiger partial charge in [0.15, 0.2) is 0 Å². The van der Waals surface area contributed by atoms with Crippen LogP contribution in [0.5, 0.6) is 0 Å². The number of rotatable bonds is 15. The van der Waals surface area contributed by atoms with Gasteiger partial charge in [-0.25, -0.2) is 0 Å². The summed E-state index contributed by atoms with van der Waals surface area (Å²) in [6.45, 7) is 2.29. The molecule has 0 N–H and O–H groups in total. The Morgan fingerprint density at radius 2 is 1.25 bits per heavy atom. The number of aldehydes is 1. The van der Waals surface area contributed by atoms with Crippen LogP contribution in [0, 0.1) is 11.8 Å². The van der Waals surface area contributed by atoms with E-state index in [0.717, 1.165) is 31.0 Å². The summed E-state index contributed by atoms with van der Waals surface area (Å²) in [6.07, 6.45) is 21.5. The van der Waals surface area contributed by atoms with Crippen LogP contribution in [-0.2, 0) is 4.79 Å². The van der Waals surface area contributed by atoms with Gasteiger partial charge in [-0.3, -0.25) is 0 Å². The monoisotopic (exact) mass is 280 g/mol. The molecule has 1 aliphatic carbocycles. The van der Waals surface area contributed by atoms with Gasteiger partial charge in [0.2, 0.25) is 0 Å². The molecule has 1 saturated carbocycles. The lowest BCUT2D eigenvalue weighted by molar-refractivity contribution is -0.107. The molecular weight excluding hydrogens is 244 g/mol. The fourth-order valence-electron chi connectivity index (χ4n) is 3.37. The molecule has 0 aliphatic heterocycles. The van der Waals surface area contributed by atoms with E-state index < -0.39 is 0 Å². The number of carbonyl (C=O) groups is 1. The maximum atomic E-state index is 10.2. The fraction of sp³-hybridized carbons (Fsp3) is 0.947. The van der Waals surface area contributed by atoms with Crippen LogP contribution < -0.4 is 0 Å². The lowest BCUT2D eigenvalue weighted by atomic mass is 10.0. The van der Waals surface area contributed by atoms with Crippen molar-refractivity contribution in [2.45, 2.75) is 103 Å². The van der Waals surface area contributed by atoms with E-state index in [1.54, 1.807) is 0 Å². The maximum Gasteiger partial charge on any atom is 0.119 e. The lowest BCUT2D eigenvalue weighted by Gasteiger charge is -2.02. The predicted octanol–water partition coefficient (Wildman–Crippen LogP) is 6.30. The molecule has 2 atom stereocenters. The summed E-state index contributed by atoms with van der Waals surface area (Å²) in [6, 6.07) is 0. The molecule has 0 bridgehead atoms. The third-order valence-corrected chi connectivity index (χ3v) is 4.89. The Labute approximate surface area is 126 Å². The summed E-state index contributed by atoms with van der Waals surface area (Å²) >= 11 is 0. The molecule has 0 radical (unpaired) electrons. The Balaban J connectivity index is 1.74. The molecule has 0 heterocycles. The van der Waals surface area contributed by atoms with Crippen molar-refractivity contribution in [1.29, 1.82) is 0 Å². The minimum Gasteiger partial charge on any atom is -0.303 e. The molecule has 0 amide bonds. The van der Waals surface area contributed by atoms with E-state index in [1.807, 2.05) is 0 Å². The van der Waals surface area contributed by atoms with Gasteiger partial charge in [-0.2, -0.15) is 0 Å². The average molecular weight is 280 g/mol. The number of unbranched alkanes of at least 4 members (excludes halogenated alkanes) is 10. The van der Waals surface area contributed by atoms with Crippen LogP contribution in [0.3, 0.4) is 0 Å². The van der Waals surface area contributed by atoms with Crippen LogP contribution in [-0.4, -0.2) is 6.29 Å². The van der Waals surface area contributed by atoms with Crippen molar-refractivity contribution in [1.82, 2.24) is 0 Å². The molecule has 0 saturated heterocycles. The van der Waals surface area contributed by atoms with Gasteiger partial charge in [-0.1, -0.05) is 84.0 Å². The van der Waals surface area contributed by atoms with Crippen LogP contribution in [0.25, 0.3) is 0 Å². The van der Waals surface area contributed by atoms with Gasteiger partial charge in [0.05, 0.1) is 0 Å². The minimum atomic E-state index is 0.765. The fourth-order valence-corrected chi connectivity index (χ4v) is 3.37. The summed E-state index contributed by atoms with van der Waals surface area (Å²) in [4.78, 5) is 10.2. The van der Waals surface area contributed by atoms with Crippen molar-refractivity contribution in [3.8, 4) is 0 Å². The van der Waals surface area contributed by atoms with Crippen molar-refractivity contribution in [2.75, 3.05) is 0 Å². The van der Waals surface area contributed by atoms with Gasteiger partial charge in [-0.05, 0) is 24.7 Å². The summed E-state index contributed by atoms with van der Waals surface area (Å²) in [5, 5.41) is 0. The van der Waals surface area contributed by atoms with Crippen molar-refractivity contribution >= 4 is 6.29 Å². The smallest absolute Gasteiger partial charge is 0.119 e. The predicted molar refractivity (Wildman–Crippen MR) is 88.0 cm³/mol. The van der Waals surface area contributed by atoms with Crippen molar-refractivity contribution in [3.63, 3.8) is 0 Å². The van der Waals surface area contributed by atoms with E-state index in [4.69, 9.17) is 0 Å². The summed E-state index contributed by atoms with van der Waals surface area (Å²) < 4.78 is 0. The Morgan fingerprint density at radius 3 is 1.80 bits per heavy atom. The average Bonchev–Trinajstić information content (AvgIpc) is 3.20. The third-order valence-electron chi connectivity index (χ3n) is 4.89. The van der Waals surface area contributed by atoms with Gasteiger partial charge < -0.3 is 4.79 Å². The number of carbonyl (C=O) groups excluding carboxylic acids is 1. The van der Waals surface area contributed by atoms with Crippen LogP contribution in [0.15, 0.2) is 0 Å². The normalized spacial score (nSPS) is 21.1. The maximum absolute atomic E-state index is 10.2. The Bertz CT molecular complexity index is 224. The first-order valence-corrected chi connectivity index (χ1v) is 9.32. The highest BCUT2D eigenvalue weighted by atomic mass is 16.1. The number of hydrogen-bond acceptors (Lipinski definition) is 1. The van der Waals surface area contributed by atoms with Crippen LogP contribution in [0.2, 0.25) is 0 Å². The molecule has 20 heavy (non-hydrogen) atoms. The van der Waals surface area contributed by atoms with Crippen LogP contribution in [0.1, 0.15) is 103 Å². The lowest BCUT2D eigenvalue weighted by Crippen LogP contribution is -1.86. The third kappa shape index (κ3) is 9.55. The number of hydrogen-bond donors (Lipinski definition) is 0. The highest BCUT2D eigenvalue weighted by molar-refractivity contribution is 5.48. The molecule has 0 aromatic carbocycles.